The predicted octanol–water partition coefficient (Wildman–Crippen LogP) is 5.44. The Morgan fingerprint density at radius 2 is 1.89 bits per heavy atom. The molecule has 0 aliphatic heterocycles. The molecule has 0 unspecified atom stereocenters. The number of para-hydroxylation sites is 2. The van der Waals surface area contributed by atoms with E-state index in [1.807, 2.05) is 41.0 Å². The highest BCUT2D eigenvalue weighted by molar-refractivity contribution is 6.00. The fourth-order valence-electron chi connectivity index (χ4n) is 3.57. The molecular weight excluding hydrogens is 463 g/mol. The highest BCUT2D eigenvalue weighted by atomic mass is 19.1. The van der Waals surface area contributed by atoms with Crippen LogP contribution in [0.25, 0.3) is 23.0 Å². The molecule has 0 fully saturated rings. The number of halogens is 1. The minimum absolute atomic E-state index is 0.244. The average Bonchev–Trinajstić information content (AvgIpc) is 3.56. The van der Waals surface area contributed by atoms with Crippen LogP contribution in [0.4, 0.5) is 20.6 Å². The molecule has 2 amide bonds. The van der Waals surface area contributed by atoms with Crippen LogP contribution in [0.3, 0.4) is 0 Å². The number of urea groups is 1. The number of hydrogen-bond donors (Lipinski definition) is 2. The second-order valence-electron chi connectivity index (χ2n) is 7.84. The number of imidazole rings is 1. The van der Waals surface area contributed by atoms with E-state index in [4.69, 9.17) is 9.26 Å². The van der Waals surface area contributed by atoms with Gasteiger partial charge in [-0.1, -0.05) is 41.6 Å². The van der Waals surface area contributed by atoms with Gasteiger partial charge in [0, 0.05) is 24.0 Å². The molecule has 10 heteroatoms. The smallest absolute Gasteiger partial charge is 0.323 e. The molecule has 3 aromatic carbocycles. The number of carbonyl (C=O) groups is 1. The average molecular weight is 484 g/mol. The van der Waals surface area contributed by atoms with Gasteiger partial charge in [0.2, 0.25) is 5.82 Å². The third kappa shape index (κ3) is 5.22. The number of aromatic nitrogens is 4. The quantitative estimate of drug-likeness (QED) is 0.319. The van der Waals surface area contributed by atoms with Crippen LogP contribution in [-0.2, 0) is 6.54 Å². The van der Waals surface area contributed by atoms with Gasteiger partial charge in [0.25, 0.3) is 5.89 Å². The van der Waals surface area contributed by atoms with E-state index < -0.39 is 0 Å². The minimum Gasteiger partial charge on any atom is -0.495 e. The standard InChI is InChI=1S/C26H21FN6O3/c1-35-23-8-3-2-7-21(23)30-26(34)29-20-11-9-17(10-12-20)14-33-15-22(28-16-33)25-31-24(32-36-25)18-5-4-6-19(27)13-18/h2-13,15-16H,14H2,1H3,(H2,29,30,34). The van der Waals surface area contributed by atoms with Crippen molar-refractivity contribution in [3.8, 4) is 28.7 Å². The van der Waals surface area contributed by atoms with Crippen LogP contribution in [0.15, 0.2) is 89.8 Å². The van der Waals surface area contributed by atoms with Gasteiger partial charge in [-0.05, 0) is 42.0 Å². The van der Waals surface area contributed by atoms with Crippen LogP contribution < -0.4 is 15.4 Å². The summed E-state index contributed by atoms with van der Waals surface area (Å²) in [5, 5.41) is 9.49. The number of nitrogens with zero attached hydrogens (tertiary/aromatic N) is 4. The zero-order valence-corrected chi connectivity index (χ0v) is 19.2. The lowest BCUT2D eigenvalue weighted by atomic mass is 10.2. The molecule has 0 spiro atoms. The Kier molecular flexibility index (Phi) is 6.39. The molecule has 180 valence electrons. The van der Waals surface area contributed by atoms with Crippen molar-refractivity contribution >= 4 is 17.4 Å². The molecule has 0 bridgehead atoms. The minimum atomic E-state index is -0.374. The van der Waals surface area contributed by atoms with Gasteiger partial charge < -0.3 is 24.5 Å². The summed E-state index contributed by atoms with van der Waals surface area (Å²) in [4.78, 5) is 21.0. The first-order valence-electron chi connectivity index (χ1n) is 11.0. The number of methoxy groups -OCH3 is 1. The number of nitrogens with one attached hydrogen (secondary N) is 2. The summed E-state index contributed by atoms with van der Waals surface area (Å²) in [6.45, 7) is 0.547. The molecule has 0 aliphatic rings. The molecule has 0 saturated heterocycles. The third-order valence-electron chi connectivity index (χ3n) is 5.29. The zero-order valence-electron chi connectivity index (χ0n) is 19.2. The molecule has 5 rings (SSSR count). The third-order valence-corrected chi connectivity index (χ3v) is 5.29. The molecule has 0 atom stereocenters. The van der Waals surface area contributed by atoms with E-state index in [-0.39, 0.29) is 23.6 Å². The molecule has 36 heavy (non-hydrogen) atoms. The van der Waals surface area contributed by atoms with Crippen LogP contribution >= 0.6 is 0 Å². The second kappa shape index (κ2) is 10.1. The van der Waals surface area contributed by atoms with Crippen LogP contribution in [0.5, 0.6) is 5.75 Å². The maximum atomic E-state index is 13.5. The Bertz CT molecular complexity index is 1500. The summed E-state index contributed by atoms with van der Waals surface area (Å²) in [5.41, 5.74) is 3.26. The summed E-state index contributed by atoms with van der Waals surface area (Å²) >= 11 is 0. The molecule has 2 aromatic heterocycles. The Morgan fingerprint density at radius 3 is 2.69 bits per heavy atom. The van der Waals surface area contributed by atoms with E-state index in [2.05, 4.69) is 25.8 Å². The number of anilines is 2. The van der Waals surface area contributed by atoms with Gasteiger partial charge in [-0.25, -0.2) is 14.2 Å². The zero-order chi connectivity index (χ0) is 24.9. The van der Waals surface area contributed by atoms with Crippen LogP contribution in [0, 0.1) is 5.82 Å². The van der Waals surface area contributed by atoms with Crippen LogP contribution in [0.2, 0.25) is 0 Å². The number of ether oxygens (including phenoxy) is 1. The molecule has 0 aliphatic carbocycles. The lowest BCUT2D eigenvalue weighted by Crippen LogP contribution is -2.19. The van der Waals surface area contributed by atoms with Crippen molar-refractivity contribution in [2.24, 2.45) is 0 Å². The lowest BCUT2D eigenvalue weighted by Gasteiger charge is -2.11. The second-order valence-corrected chi connectivity index (χ2v) is 7.84. The molecule has 0 saturated carbocycles. The van der Waals surface area contributed by atoms with E-state index in [1.54, 1.807) is 43.9 Å². The summed E-state index contributed by atoms with van der Waals surface area (Å²) < 4.78 is 25.9. The van der Waals surface area contributed by atoms with Gasteiger partial charge in [0.1, 0.15) is 17.3 Å². The number of rotatable bonds is 7. The summed E-state index contributed by atoms with van der Waals surface area (Å²) in [6.07, 6.45) is 3.45. The predicted molar refractivity (Wildman–Crippen MR) is 132 cm³/mol. The van der Waals surface area contributed by atoms with Gasteiger partial charge in [0.05, 0.1) is 19.1 Å². The SMILES string of the molecule is COc1ccccc1NC(=O)Nc1ccc(Cn2cnc(-c3nc(-c4cccc(F)c4)no3)c2)cc1. The molecule has 5 aromatic rings. The number of carbonyl (C=O) groups excluding carboxylic acids is 1. The van der Waals surface area contributed by atoms with Gasteiger partial charge in [-0.15, -0.1) is 0 Å². The first kappa shape index (κ1) is 22.8. The van der Waals surface area contributed by atoms with Gasteiger partial charge >= 0.3 is 6.03 Å². The van der Waals surface area contributed by atoms with Crippen molar-refractivity contribution in [3.05, 3.63) is 96.7 Å². The Morgan fingerprint density at radius 1 is 1.06 bits per heavy atom. The van der Waals surface area contributed by atoms with Gasteiger partial charge in [0.15, 0.2) is 0 Å². The first-order valence-corrected chi connectivity index (χ1v) is 11.0. The van der Waals surface area contributed by atoms with Crippen molar-refractivity contribution in [1.82, 2.24) is 19.7 Å². The van der Waals surface area contributed by atoms with Crippen molar-refractivity contribution in [2.45, 2.75) is 6.54 Å². The lowest BCUT2D eigenvalue weighted by molar-refractivity contribution is 0.262. The molecule has 2 N–H and O–H groups in total. The first-order chi connectivity index (χ1) is 17.6. The van der Waals surface area contributed by atoms with Gasteiger partial charge in [-0.2, -0.15) is 4.98 Å². The van der Waals surface area contributed by atoms with E-state index >= 15 is 0 Å². The van der Waals surface area contributed by atoms with Crippen LogP contribution in [0.1, 0.15) is 5.56 Å². The largest absolute Gasteiger partial charge is 0.495 e. The molecule has 0 radical (unpaired) electrons. The molecule has 9 nitrogen and oxygen atoms in total. The highest BCUT2D eigenvalue weighted by Crippen LogP contribution is 2.24. The van der Waals surface area contributed by atoms with Crippen molar-refractivity contribution in [2.75, 3.05) is 17.7 Å². The number of benzene rings is 3. The fraction of sp³-hybridized carbons (Fsp3) is 0.0769. The molecular formula is C26H21FN6O3. The van der Waals surface area contributed by atoms with E-state index in [0.29, 0.717) is 34.9 Å². The summed E-state index contributed by atoms with van der Waals surface area (Å²) in [7, 11) is 1.55. The fourth-order valence-corrected chi connectivity index (χ4v) is 3.57. The maximum absolute atomic E-state index is 13.5. The molecule has 2 heterocycles. The summed E-state index contributed by atoms with van der Waals surface area (Å²) in [6, 6.07) is 20.2. The number of amides is 2. The highest BCUT2D eigenvalue weighted by Gasteiger charge is 2.14. The Hall–Kier alpha value is -4.99. The van der Waals surface area contributed by atoms with Crippen molar-refractivity contribution in [1.29, 1.82) is 0 Å². The number of hydrogen-bond acceptors (Lipinski definition) is 6. The van der Waals surface area contributed by atoms with Gasteiger partial charge in [-0.3, -0.25) is 0 Å². The van der Waals surface area contributed by atoms with E-state index in [0.717, 1.165) is 5.56 Å². The van der Waals surface area contributed by atoms with Crippen molar-refractivity contribution in [3.63, 3.8) is 0 Å². The summed E-state index contributed by atoms with van der Waals surface area (Å²) in [5.74, 6) is 0.736. The van der Waals surface area contributed by atoms with E-state index in [9.17, 15) is 9.18 Å². The Balaban J connectivity index is 1.20. The van der Waals surface area contributed by atoms with Crippen LogP contribution in [-0.4, -0.2) is 32.8 Å². The topological polar surface area (TPSA) is 107 Å². The van der Waals surface area contributed by atoms with E-state index in [1.165, 1.54) is 12.1 Å². The van der Waals surface area contributed by atoms with Crippen molar-refractivity contribution < 1.29 is 18.4 Å². The maximum Gasteiger partial charge on any atom is 0.323 e. The normalized spacial score (nSPS) is 10.7. The monoisotopic (exact) mass is 484 g/mol. The Labute approximate surface area is 205 Å².